The normalized spacial score (nSPS) is 11.8. The van der Waals surface area contributed by atoms with Gasteiger partial charge in [0, 0.05) is 6.20 Å². The maximum absolute atomic E-state index is 5.50. The minimum Gasteiger partial charge on any atom is -0.292 e. The molecule has 0 aliphatic carbocycles. The molecule has 0 aromatic carbocycles. The summed E-state index contributed by atoms with van der Waals surface area (Å²) in [6.07, 6.45) is 9.54. The predicted octanol–water partition coefficient (Wildman–Crippen LogP) is 1.08. The summed E-state index contributed by atoms with van der Waals surface area (Å²) in [5.41, 5.74) is 1.14. The molecular formula is C10H15B3N2. The summed E-state index contributed by atoms with van der Waals surface area (Å²) >= 11 is 0. The molecule has 1 aromatic rings. The van der Waals surface area contributed by atoms with Gasteiger partial charge in [0.2, 0.25) is 0 Å². The summed E-state index contributed by atoms with van der Waals surface area (Å²) < 4.78 is 1.39. The van der Waals surface area contributed by atoms with E-state index in [0.29, 0.717) is 0 Å². The zero-order valence-electron chi connectivity index (χ0n) is 9.32. The molecule has 74 valence electrons. The lowest BCUT2D eigenvalue weighted by molar-refractivity contribution is 0.660. The zero-order valence-corrected chi connectivity index (χ0v) is 9.32. The Morgan fingerprint density at radius 2 is 2.00 bits per heavy atom. The zero-order chi connectivity index (χ0) is 11.3. The Kier molecular flexibility index (Phi) is 4.56. The molecule has 15 heavy (non-hydrogen) atoms. The summed E-state index contributed by atoms with van der Waals surface area (Å²) in [4.78, 5) is 0. The largest absolute Gasteiger partial charge is 0.292 e. The van der Waals surface area contributed by atoms with Gasteiger partial charge in [-0.25, -0.2) is 0 Å². The van der Waals surface area contributed by atoms with Crippen molar-refractivity contribution in [1.82, 2.24) is 9.78 Å². The third-order valence-corrected chi connectivity index (χ3v) is 2.35. The van der Waals surface area contributed by atoms with Gasteiger partial charge >= 0.3 is 0 Å². The van der Waals surface area contributed by atoms with Gasteiger partial charge in [0.05, 0.1) is 29.7 Å². The van der Waals surface area contributed by atoms with Gasteiger partial charge in [-0.2, -0.15) is 5.10 Å². The Labute approximate surface area is 96.0 Å². The van der Waals surface area contributed by atoms with E-state index in [2.05, 4.69) is 12.0 Å². The lowest BCUT2D eigenvalue weighted by atomic mass is 9.49. The fraction of sp³-hybridized carbons (Fsp3) is 0.700. The highest BCUT2D eigenvalue weighted by Crippen LogP contribution is 2.09. The van der Waals surface area contributed by atoms with Crippen LogP contribution in [0.15, 0.2) is 12.4 Å². The van der Waals surface area contributed by atoms with Gasteiger partial charge in [-0.15, -0.1) is 0 Å². The first kappa shape index (κ1) is 12.5. The molecule has 2 nitrogen and oxygen atoms in total. The highest BCUT2D eigenvalue weighted by atomic mass is 15.3. The highest BCUT2D eigenvalue weighted by Gasteiger charge is 2.12. The summed E-state index contributed by atoms with van der Waals surface area (Å²) in [7, 11) is 16.5. The number of unbranched alkanes of at least 4 members (excludes halogenated alkanes) is 3. The van der Waals surface area contributed by atoms with Crippen molar-refractivity contribution >= 4 is 23.5 Å². The standard InChI is InChI=1S/C10H15B3N2/c1-2-3-4-5-6-9-7-14-15(8-9)10(11,12)13/h7-8H,2-6H2,1H3. The van der Waals surface area contributed by atoms with E-state index in [1.807, 2.05) is 6.20 Å². The third kappa shape index (κ3) is 4.19. The molecule has 0 bridgehead atoms. The van der Waals surface area contributed by atoms with E-state index in [0.717, 1.165) is 12.0 Å². The quantitative estimate of drug-likeness (QED) is 0.491. The van der Waals surface area contributed by atoms with Crippen molar-refractivity contribution in [3.05, 3.63) is 18.0 Å². The van der Waals surface area contributed by atoms with Crippen LogP contribution in [0.5, 0.6) is 0 Å². The van der Waals surface area contributed by atoms with Crippen LogP contribution in [-0.2, 0) is 11.7 Å². The van der Waals surface area contributed by atoms with Gasteiger partial charge in [0.25, 0.3) is 0 Å². The minimum absolute atomic E-state index is 1.01. The molecule has 0 atom stereocenters. The molecular weight excluding hydrogens is 181 g/mol. The van der Waals surface area contributed by atoms with Gasteiger partial charge in [0.15, 0.2) is 0 Å². The van der Waals surface area contributed by atoms with Crippen LogP contribution in [0.25, 0.3) is 0 Å². The number of hydrogen-bond donors (Lipinski definition) is 0. The molecule has 0 N–H and O–H groups in total. The van der Waals surface area contributed by atoms with Crippen LogP contribution in [0.2, 0.25) is 0 Å². The summed E-state index contributed by atoms with van der Waals surface area (Å²) in [5, 5.41) is 2.64. The molecule has 1 aromatic heterocycles. The highest BCUT2D eigenvalue weighted by molar-refractivity contribution is 6.56. The van der Waals surface area contributed by atoms with E-state index < -0.39 is 5.24 Å². The topological polar surface area (TPSA) is 17.8 Å². The fourth-order valence-corrected chi connectivity index (χ4v) is 1.46. The Morgan fingerprint density at radius 3 is 2.53 bits per heavy atom. The van der Waals surface area contributed by atoms with E-state index in [1.54, 1.807) is 6.20 Å². The summed E-state index contributed by atoms with van der Waals surface area (Å²) in [5.74, 6) is 0. The van der Waals surface area contributed by atoms with E-state index >= 15 is 0 Å². The van der Waals surface area contributed by atoms with Crippen LogP contribution >= 0.6 is 0 Å². The van der Waals surface area contributed by atoms with Crippen molar-refractivity contribution in [2.45, 2.75) is 44.3 Å². The van der Waals surface area contributed by atoms with Crippen molar-refractivity contribution in [3.8, 4) is 0 Å². The lowest BCUT2D eigenvalue weighted by Gasteiger charge is -2.20. The second kappa shape index (κ2) is 5.48. The van der Waals surface area contributed by atoms with E-state index in [4.69, 9.17) is 23.5 Å². The van der Waals surface area contributed by atoms with Gasteiger partial charge in [-0.05, 0) is 23.6 Å². The van der Waals surface area contributed by atoms with Crippen LogP contribution in [0.4, 0.5) is 0 Å². The Hall–Kier alpha value is -0.595. The van der Waals surface area contributed by atoms with Gasteiger partial charge in [0.1, 0.15) is 0 Å². The number of aryl methyl sites for hydroxylation is 1. The Bertz CT molecular complexity index is 291. The molecule has 0 aliphatic heterocycles. The molecule has 0 saturated carbocycles. The SMILES string of the molecule is [B]C([B])([B])n1cc(CCCCCC)cn1. The summed E-state index contributed by atoms with van der Waals surface area (Å²) in [6, 6.07) is 0. The third-order valence-electron chi connectivity index (χ3n) is 2.35. The molecule has 0 spiro atoms. The van der Waals surface area contributed by atoms with Crippen LogP contribution in [0, 0.1) is 0 Å². The minimum atomic E-state index is -1.39. The molecule has 5 heteroatoms. The lowest BCUT2D eigenvalue weighted by Crippen LogP contribution is -2.35. The molecule has 1 heterocycles. The molecule has 0 fully saturated rings. The molecule has 0 aliphatic rings. The Balaban J connectivity index is 2.40. The molecule has 1 rings (SSSR count). The van der Waals surface area contributed by atoms with E-state index in [1.165, 1.54) is 30.4 Å². The van der Waals surface area contributed by atoms with Crippen LogP contribution in [0.3, 0.4) is 0 Å². The van der Waals surface area contributed by atoms with Gasteiger partial charge < -0.3 is 0 Å². The number of nitrogens with zero attached hydrogens (tertiary/aromatic N) is 2. The summed E-state index contributed by atoms with van der Waals surface area (Å²) in [6.45, 7) is 2.20. The smallest absolute Gasteiger partial charge is 0.0801 e. The second-order valence-corrected chi connectivity index (χ2v) is 3.99. The molecule has 0 saturated heterocycles. The molecule has 6 radical (unpaired) electrons. The first-order valence-electron chi connectivity index (χ1n) is 5.44. The van der Waals surface area contributed by atoms with Crippen LogP contribution < -0.4 is 0 Å². The van der Waals surface area contributed by atoms with Gasteiger partial charge in [-0.3, -0.25) is 4.68 Å². The van der Waals surface area contributed by atoms with E-state index in [9.17, 15) is 0 Å². The molecule has 0 unspecified atom stereocenters. The van der Waals surface area contributed by atoms with Gasteiger partial charge in [-0.1, -0.05) is 26.2 Å². The average molecular weight is 196 g/mol. The average Bonchev–Trinajstić information content (AvgIpc) is 2.60. The Morgan fingerprint density at radius 1 is 1.27 bits per heavy atom. The number of aromatic nitrogens is 2. The monoisotopic (exact) mass is 196 g/mol. The van der Waals surface area contributed by atoms with E-state index in [-0.39, 0.29) is 0 Å². The van der Waals surface area contributed by atoms with Crippen LogP contribution in [0.1, 0.15) is 38.2 Å². The first-order valence-corrected chi connectivity index (χ1v) is 5.44. The van der Waals surface area contributed by atoms with Crippen molar-refractivity contribution in [3.63, 3.8) is 0 Å². The van der Waals surface area contributed by atoms with Crippen molar-refractivity contribution in [2.75, 3.05) is 0 Å². The number of hydrogen-bond acceptors (Lipinski definition) is 1. The van der Waals surface area contributed by atoms with Crippen molar-refractivity contribution in [1.29, 1.82) is 0 Å². The van der Waals surface area contributed by atoms with Crippen LogP contribution in [-0.4, -0.2) is 33.3 Å². The maximum atomic E-state index is 5.50. The number of rotatable bonds is 6. The maximum Gasteiger partial charge on any atom is 0.0801 e. The van der Waals surface area contributed by atoms with Crippen molar-refractivity contribution in [2.24, 2.45) is 0 Å². The predicted molar refractivity (Wildman–Crippen MR) is 65.3 cm³/mol. The molecule has 0 amide bonds. The van der Waals surface area contributed by atoms with Crippen molar-refractivity contribution < 1.29 is 0 Å². The fourth-order valence-electron chi connectivity index (χ4n) is 1.46. The first-order chi connectivity index (χ1) is 7.04. The second-order valence-electron chi connectivity index (χ2n) is 3.99.